The smallest absolute Gasteiger partial charge is 0.289 e. The summed E-state index contributed by atoms with van der Waals surface area (Å²) in [4.78, 5) is 21.1. The number of carbonyl (C=O) groups excluding carboxylic acids is 1. The molecule has 0 spiro atoms. The van der Waals surface area contributed by atoms with E-state index in [1.807, 2.05) is 37.9 Å². The largest absolute Gasteiger partial charge is 0.491 e. The molecule has 3 rings (SSSR count). The highest BCUT2D eigenvalue weighted by Gasteiger charge is 2.30. The van der Waals surface area contributed by atoms with Crippen LogP contribution in [0.25, 0.3) is 0 Å². The first kappa shape index (κ1) is 17.5. The molecule has 1 saturated heterocycles. The molecule has 1 atom stereocenters. The van der Waals surface area contributed by atoms with Crippen molar-refractivity contribution in [3.63, 3.8) is 0 Å². The lowest BCUT2D eigenvalue weighted by Gasteiger charge is -2.39. The molecule has 1 aliphatic heterocycles. The minimum atomic E-state index is -0.00892. The van der Waals surface area contributed by atoms with Crippen molar-refractivity contribution in [3.05, 3.63) is 48.0 Å². The summed E-state index contributed by atoms with van der Waals surface area (Å²) in [7, 11) is 3.95. The van der Waals surface area contributed by atoms with E-state index in [4.69, 9.17) is 4.74 Å². The fourth-order valence-corrected chi connectivity index (χ4v) is 3.17. The first-order valence-corrected chi connectivity index (χ1v) is 8.69. The Morgan fingerprint density at radius 2 is 1.92 bits per heavy atom. The number of aryl methyl sites for hydroxylation is 1. The van der Waals surface area contributed by atoms with Crippen LogP contribution >= 0.6 is 0 Å². The molecule has 0 radical (unpaired) electrons. The summed E-state index contributed by atoms with van der Waals surface area (Å²) >= 11 is 0. The molecule has 6 heteroatoms. The van der Waals surface area contributed by atoms with E-state index in [-0.39, 0.29) is 18.1 Å². The molecule has 1 aliphatic rings. The van der Waals surface area contributed by atoms with Gasteiger partial charge in [0.05, 0.1) is 12.1 Å². The van der Waals surface area contributed by atoms with Gasteiger partial charge in [-0.2, -0.15) is 0 Å². The van der Waals surface area contributed by atoms with Crippen molar-refractivity contribution in [3.8, 4) is 5.75 Å². The van der Waals surface area contributed by atoms with Gasteiger partial charge in [0.2, 0.25) is 0 Å². The van der Waals surface area contributed by atoms with Crippen molar-refractivity contribution in [2.24, 2.45) is 7.05 Å². The molecule has 1 aromatic heterocycles. The van der Waals surface area contributed by atoms with Crippen LogP contribution in [0.1, 0.15) is 36.1 Å². The summed E-state index contributed by atoms with van der Waals surface area (Å²) in [6.07, 6.45) is 3.62. The Bertz CT molecular complexity index is 723. The second kappa shape index (κ2) is 7.27. The molecule has 0 N–H and O–H groups in total. The Labute approximate surface area is 149 Å². The zero-order valence-electron chi connectivity index (χ0n) is 15.3. The van der Waals surface area contributed by atoms with Gasteiger partial charge >= 0.3 is 0 Å². The van der Waals surface area contributed by atoms with Gasteiger partial charge in [-0.3, -0.25) is 9.69 Å². The number of amides is 1. The number of carbonyl (C=O) groups is 1. The van der Waals surface area contributed by atoms with Crippen LogP contribution in [0.2, 0.25) is 0 Å². The fraction of sp³-hybridized carbons (Fsp3) is 0.474. The Morgan fingerprint density at radius 3 is 2.52 bits per heavy atom. The van der Waals surface area contributed by atoms with Crippen LogP contribution in [0.15, 0.2) is 36.7 Å². The molecule has 0 unspecified atom stereocenters. The van der Waals surface area contributed by atoms with Gasteiger partial charge in [-0.1, -0.05) is 12.1 Å². The highest BCUT2D eigenvalue weighted by atomic mass is 16.5. The number of rotatable bonds is 4. The Balaban J connectivity index is 1.74. The van der Waals surface area contributed by atoms with Crippen LogP contribution in [0.3, 0.4) is 0 Å². The number of hydrogen-bond donors (Lipinski definition) is 0. The highest BCUT2D eigenvalue weighted by Crippen LogP contribution is 2.26. The third kappa shape index (κ3) is 3.85. The van der Waals surface area contributed by atoms with Crippen LogP contribution < -0.4 is 4.74 Å². The normalized spacial score (nSPS) is 18.6. The van der Waals surface area contributed by atoms with E-state index in [9.17, 15) is 4.79 Å². The third-order valence-corrected chi connectivity index (χ3v) is 4.58. The molecule has 0 saturated carbocycles. The van der Waals surface area contributed by atoms with E-state index >= 15 is 0 Å². The Hall–Kier alpha value is -2.34. The Kier molecular flexibility index (Phi) is 5.08. The highest BCUT2D eigenvalue weighted by molar-refractivity contribution is 5.91. The van der Waals surface area contributed by atoms with E-state index in [2.05, 4.69) is 29.1 Å². The predicted molar refractivity (Wildman–Crippen MR) is 96.7 cm³/mol. The second-order valence-corrected chi connectivity index (χ2v) is 6.84. The summed E-state index contributed by atoms with van der Waals surface area (Å²) in [5.41, 5.74) is 1.19. The average molecular weight is 342 g/mol. The van der Waals surface area contributed by atoms with Crippen molar-refractivity contribution < 1.29 is 9.53 Å². The molecule has 25 heavy (non-hydrogen) atoms. The number of likely N-dealkylation sites (N-methyl/N-ethyl adjacent to an activating group) is 1. The lowest BCUT2D eigenvalue weighted by atomic mass is 10.0. The minimum Gasteiger partial charge on any atom is -0.491 e. The fourth-order valence-electron chi connectivity index (χ4n) is 3.17. The maximum Gasteiger partial charge on any atom is 0.289 e. The van der Waals surface area contributed by atoms with Crippen LogP contribution in [-0.4, -0.2) is 58.0 Å². The van der Waals surface area contributed by atoms with Crippen LogP contribution in [0.5, 0.6) is 5.75 Å². The summed E-state index contributed by atoms with van der Waals surface area (Å²) in [5, 5.41) is 0. The zero-order chi connectivity index (χ0) is 18.0. The standard InChI is InChI=1S/C19H26N4O2/c1-14(2)25-16-7-5-15(6-8-16)17-13-23(12-11-21(17)3)19(24)18-20-9-10-22(18)4/h5-10,14,17H,11-13H2,1-4H3/t17-/m1/s1. The van der Waals surface area contributed by atoms with E-state index in [1.54, 1.807) is 17.0 Å². The first-order chi connectivity index (χ1) is 12.0. The SMILES string of the molecule is CC(C)Oc1ccc([C@H]2CN(C(=O)c3nccn3C)CCN2C)cc1. The van der Waals surface area contributed by atoms with Crippen molar-refractivity contribution in [1.82, 2.24) is 19.4 Å². The maximum atomic E-state index is 12.7. The molecule has 1 fully saturated rings. The number of nitrogens with zero attached hydrogens (tertiary/aromatic N) is 4. The number of piperazine rings is 1. The van der Waals surface area contributed by atoms with Crippen LogP contribution in [0, 0.1) is 0 Å². The quantitative estimate of drug-likeness (QED) is 0.856. The minimum absolute atomic E-state index is 0.00892. The maximum absolute atomic E-state index is 12.7. The summed E-state index contributed by atoms with van der Waals surface area (Å²) < 4.78 is 7.49. The van der Waals surface area contributed by atoms with Crippen LogP contribution in [0.4, 0.5) is 0 Å². The number of benzene rings is 1. The molecule has 0 aliphatic carbocycles. The molecule has 1 aromatic carbocycles. The van der Waals surface area contributed by atoms with E-state index in [0.717, 1.165) is 12.3 Å². The van der Waals surface area contributed by atoms with Crippen molar-refractivity contribution >= 4 is 5.91 Å². The van der Waals surface area contributed by atoms with Crippen molar-refractivity contribution in [1.29, 1.82) is 0 Å². The number of imidazole rings is 1. The van der Waals surface area contributed by atoms with Gasteiger partial charge in [-0.25, -0.2) is 4.98 Å². The molecule has 134 valence electrons. The summed E-state index contributed by atoms with van der Waals surface area (Å²) in [6, 6.07) is 8.36. The van der Waals surface area contributed by atoms with Gasteiger partial charge in [0.1, 0.15) is 5.75 Å². The molecule has 6 nitrogen and oxygen atoms in total. The zero-order valence-corrected chi connectivity index (χ0v) is 15.3. The summed E-state index contributed by atoms with van der Waals surface area (Å²) in [6.45, 7) is 6.25. The number of aromatic nitrogens is 2. The van der Waals surface area contributed by atoms with Crippen LogP contribution in [-0.2, 0) is 7.05 Å². The molecule has 1 amide bonds. The van der Waals surface area contributed by atoms with Gasteiger partial charge in [0.15, 0.2) is 5.82 Å². The monoisotopic (exact) mass is 342 g/mol. The second-order valence-electron chi connectivity index (χ2n) is 6.84. The van der Waals surface area contributed by atoms with E-state index < -0.39 is 0 Å². The molecule has 2 heterocycles. The molecular weight excluding hydrogens is 316 g/mol. The molecular formula is C19H26N4O2. The van der Waals surface area contributed by atoms with Crippen molar-refractivity contribution in [2.45, 2.75) is 26.0 Å². The van der Waals surface area contributed by atoms with E-state index in [1.165, 1.54) is 5.56 Å². The number of hydrogen-bond acceptors (Lipinski definition) is 4. The van der Waals surface area contributed by atoms with Gasteiger partial charge in [0.25, 0.3) is 5.91 Å². The number of ether oxygens (including phenoxy) is 1. The third-order valence-electron chi connectivity index (χ3n) is 4.58. The predicted octanol–water partition coefficient (Wildman–Crippen LogP) is 2.34. The van der Waals surface area contributed by atoms with Gasteiger partial charge < -0.3 is 14.2 Å². The Morgan fingerprint density at radius 1 is 1.20 bits per heavy atom. The molecule has 0 bridgehead atoms. The molecule has 2 aromatic rings. The lowest BCUT2D eigenvalue weighted by molar-refractivity contribution is 0.0531. The van der Waals surface area contributed by atoms with E-state index in [0.29, 0.717) is 18.9 Å². The van der Waals surface area contributed by atoms with Gasteiger partial charge in [-0.05, 0) is 38.6 Å². The average Bonchev–Trinajstić information content (AvgIpc) is 3.01. The lowest BCUT2D eigenvalue weighted by Crippen LogP contribution is -2.49. The summed E-state index contributed by atoms with van der Waals surface area (Å²) in [5.74, 6) is 1.35. The van der Waals surface area contributed by atoms with Gasteiger partial charge in [-0.15, -0.1) is 0 Å². The van der Waals surface area contributed by atoms with Gasteiger partial charge in [0, 0.05) is 39.1 Å². The first-order valence-electron chi connectivity index (χ1n) is 8.69. The topological polar surface area (TPSA) is 50.6 Å². The van der Waals surface area contributed by atoms with Crippen molar-refractivity contribution in [2.75, 3.05) is 26.7 Å².